The van der Waals surface area contributed by atoms with Crippen LogP contribution in [-0.4, -0.2) is 33.0 Å². The number of rotatable bonds is 5. The first kappa shape index (κ1) is 18.2. The van der Waals surface area contributed by atoms with Crippen molar-refractivity contribution in [3.63, 3.8) is 0 Å². The Kier molecular flexibility index (Phi) is 4.90. The Labute approximate surface area is 151 Å². The summed E-state index contributed by atoms with van der Waals surface area (Å²) in [5.74, 6) is 1.33. The van der Waals surface area contributed by atoms with Crippen LogP contribution in [0.5, 0.6) is 5.75 Å². The maximum Gasteiger partial charge on any atom is 0.390 e. The topological polar surface area (TPSA) is 66.0 Å². The maximum atomic E-state index is 12.6. The number of aryl methyl sites for hydroxylation is 2. The number of ether oxygens (including phenoxy) is 1. The largest absolute Gasteiger partial charge is 0.495 e. The van der Waals surface area contributed by atoms with Crippen LogP contribution in [0.15, 0.2) is 29.0 Å². The summed E-state index contributed by atoms with van der Waals surface area (Å²) in [4.78, 5) is 8.37. The number of benzene rings is 1. The predicted molar refractivity (Wildman–Crippen MR) is 87.9 cm³/mol. The number of oxazole rings is 1. The molecule has 138 valence electrons. The molecule has 0 fully saturated rings. The van der Waals surface area contributed by atoms with Gasteiger partial charge in [-0.25, -0.2) is 14.6 Å². The third-order valence-corrected chi connectivity index (χ3v) is 3.94. The van der Waals surface area contributed by atoms with Gasteiger partial charge in [-0.3, -0.25) is 0 Å². The molecule has 0 aliphatic heterocycles. The number of aromatic nitrogens is 4. The van der Waals surface area contributed by atoms with Gasteiger partial charge >= 0.3 is 6.18 Å². The van der Waals surface area contributed by atoms with Crippen molar-refractivity contribution < 1.29 is 22.3 Å². The first-order valence-corrected chi connectivity index (χ1v) is 7.92. The van der Waals surface area contributed by atoms with Gasteiger partial charge in [-0.05, 0) is 25.1 Å². The summed E-state index contributed by atoms with van der Waals surface area (Å²) in [5, 5.41) is 4.54. The van der Waals surface area contributed by atoms with Gasteiger partial charge in [0.1, 0.15) is 17.2 Å². The Balaban J connectivity index is 2.03. The number of halogens is 4. The van der Waals surface area contributed by atoms with Crippen molar-refractivity contribution in [2.45, 2.75) is 26.1 Å². The van der Waals surface area contributed by atoms with Crippen LogP contribution in [0.3, 0.4) is 0 Å². The molecule has 0 aliphatic carbocycles. The lowest BCUT2D eigenvalue weighted by Gasteiger charge is -2.07. The van der Waals surface area contributed by atoms with E-state index in [1.165, 1.54) is 18.2 Å². The molecule has 3 rings (SSSR count). The third-order valence-electron chi connectivity index (χ3n) is 3.65. The van der Waals surface area contributed by atoms with Crippen LogP contribution >= 0.6 is 11.6 Å². The molecule has 0 aliphatic rings. The fraction of sp³-hybridized carbons (Fsp3) is 0.312. The van der Waals surface area contributed by atoms with E-state index in [4.69, 9.17) is 20.8 Å². The summed E-state index contributed by atoms with van der Waals surface area (Å²) in [7, 11) is 1.48. The van der Waals surface area contributed by atoms with Crippen molar-refractivity contribution in [3.8, 4) is 28.7 Å². The molecule has 2 heterocycles. The second-order valence-corrected chi connectivity index (χ2v) is 5.86. The highest BCUT2D eigenvalue weighted by Gasteiger charge is 2.28. The van der Waals surface area contributed by atoms with Crippen LogP contribution in [-0.2, 0) is 6.54 Å². The molecule has 0 spiro atoms. The zero-order chi connectivity index (χ0) is 18.9. The fourth-order valence-electron chi connectivity index (χ4n) is 2.35. The molecule has 0 atom stereocenters. The lowest BCUT2D eigenvalue weighted by Crippen LogP contribution is -2.14. The van der Waals surface area contributed by atoms with Crippen LogP contribution in [0, 0.1) is 6.92 Å². The Morgan fingerprint density at radius 1 is 1.31 bits per heavy atom. The number of nitrogens with zero attached hydrogens (tertiary/aromatic N) is 4. The lowest BCUT2D eigenvalue weighted by molar-refractivity contribution is -0.137. The van der Waals surface area contributed by atoms with Gasteiger partial charge in [0.25, 0.3) is 0 Å². The van der Waals surface area contributed by atoms with E-state index < -0.39 is 12.6 Å². The first-order chi connectivity index (χ1) is 12.3. The number of hydrogen-bond acceptors (Lipinski definition) is 5. The number of methoxy groups -OCH3 is 1. The minimum Gasteiger partial charge on any atom is -0.495 e. The molecule has 6 nitrogen and oxygen atoms in total. The van der Waals surface area contributed by atoms with Gasteiger partial charge in [0.15, 0.2) is 18.0 Å². The van der Waals surface area contributed by atoms with Gasteiger partial charge in [0.05, 0.1) is 25.1 Å². The number of hydrogen-bond donors (Lipinski definition) is 0. The van der Waals surface area contributed by atoms with E-state index in [0.29, 0.717) is 27.8 Å². The molecule has 0 saturated carbocycles. The SMILES string of the molecule is COc1ccc(-c2nc(-c3ncoc3C)n(CCC(F)(F)F)n2)cc1Cl. The summed E-state index contributed by atoms with van der Waals surface area (Å²) < 4.78 is 49.3. The van der Waals surface area contributed by atoms with Crippen LogP contribution in [0.4, 0.5) is 13.2 Å². The molecule has 0 radical (unpaired) electrons. The Morgan fingerprint density at radius 3 is 2.65 bits per heavy atom. The normalized spacial score (nSPS) is 11.8. The van der Waals surface area contributed by atoms with E-state index in [1.54, 1.807) is 25.1 Å². The molecule has 2 aromatic heterocycles. The van der Waals surface area contributed by atoms with E-state index in [2.05, 4.69) is 15.1 Å². The van der Waals surface area contributed by atoms with Gasteiger partial charge < -0.3 is 9.15 Å². The van der Waals surface area contributed by atoms with Gasteiger partial charge in [0.2, 0.25) is 0 Å². The molecule has 0 N–H and O–H groups in total. The summed E-state index contributed by atoms with van der Waals surface area (Å²) in [6.45, 7) is 1.26. The summed E-state index contributed by atoms with van der Waals surface area (Å²) in [5.41, 5.74) is 0.884. The average molecular weight is 387 g/mol. The molecule has 3 aromatic rings. The lowest BCUT2D eigenvalue weighted by atomic mass is 10.2. The van der Waals surface area contributed by atoms with Gasteiger partial charge in [-0.1, -0.05) is 11.6 Å². The second-order valence-electron chi connectivity index (χ2n) is 5.45. The van der Waals surface area contributed by atoms with Gasteiger partial charge in [-0.15, -0.1) is 0 Å². The standard InChI is InChI=1S/C16H14ClF3N4O2/c1-9-13(21-8-26-9)15-22-14(23-24(15)6-5-16(18,19)20)10-3-4-12(25-2)11(17)7-10/h3-4,7-8H,5-6H2,1-2H3. The highest BCUT2D eigenvalue weighted by Crippen LogP contribution is 2.31. The number of alkyl halides is 3. The van der Waals surface area contributed by atoms with E-state index >= 15 is 0 Å². The molecular weight excluding hydrogens is 373 g/mol. The van der Waals surface area contributed by atoms with Crippen molar-refractivity contribution in [2.24, 2.45) is 0 Å². The van der Waals surface area contributed by atoms with Crippen LogP contribution in [0.1, 0.15) is 12.2 Å². The zero-order valence-corrected chi connectivity index (χ0v) is 14.6. The van der Waals surface area contributed by atoms with Crippen molar-refractivity contribution in [1.82, 2.24) is 19.7 Å². The maximum absolute atomic E-state index is 12.6. The quantitative estimate of drug-likeness (QED) is 0.644. The second kappa shape index (κ2) is 6.99. The average Bonchev–Trinajstić information content (AvgIpc) is 3.18. The Morgan fingerprint density at radius 2 is 2.08 bits per heavy atom. The fourth-order valence-corrected chi connectivity index (χ4v) is 2.61. The van der Waals surface area contributed by atoms with Crippen molar-refractivity contribution in [1.29, 1.82) is 0 Å². The van der Waals surface area contributed by atoms with Crippen molar-refractivity contribution >= 4 is 11.6 Å². The van der Waals surface area contributed by atoms with E-state index in [9.17, 15) is 13.2 Å². The minimum atomic E-state index is -4.31. The predicted octanol–water partition coefficient (Wildman–Crippen LogP) is 4.52. The molecule has 10 heteroatoms. The molecule has 1 aromatic carbocycles. The van der Waals surface area contributed by atoms with Crippen LogP contribution in [0.25, 0.3) is 22.9 Å². The van der Waals surface area contributed by atoms with E-state index in [-0.39, 0.29) is 18.2 Å². The van der Waals surface area contributed by atoms with Crippen LogP contribution in [0.2, 0.25) is 5.02 Å². The van der Waals surface area contributed by atoms with E-state index in [0.717, 1.165) is 0 Å². The van der Waals surface area contributed by atoms with Gasteiger partial charge in [-0.2, -0.15) is 18.3 Å². The zero-order valence-electron chi connectivity index (χ0n) is 13.8. The van der Waals surface area contributed by atoms with E-state index in [1.807, 2.05) is 0 Å². The summed E-state index contributed by atoms with van der Waals surface area (Å²) >= 11 is 6.11. The molecule has 0 saturated heterocycles. The smallest absolute Gasteiger partial charge is 0.390 e. The Hall–Kier alpha value is -2.55. The highest BCUT2D eigenvalue weighted by molar-refractivity contribution is 6.32. The monoisotopic (exact) mass is 386 g/mol. The first-order valence-electron chi connectivity index (χ1n) is 7.54. The van der Waals surface area contributed by atoms with Crippen molar-refractivity contribution in [2.75, 3.05) is 7.11 Å². The summed E-state index contributed by atoms with van der Waals surface area (Å²) in [6, 6.07) is 4.89. The van der Waals surface area contributed by atoms with Crippen molar-refractivity contribution in [3.05, 3.63) is 35.4 Å². The molecule has 26 heavy (non-hydrogen) atoms. The molecule has 0 amide bonds. The minimum absolute atomic E-state index is 0.197. The highest BCUT2D eigenvalue weighted by atomic mass is 35.5. The van der Waals surface area contributed by atoms with Gasteiger partial charge in [0, 0.05) is 5.56 Å². The van der Waals surface area contributed by atoms with Crippen LogP contribution < -0.4 is 4.74 Å². The summed E-state index contributed by atoms with van der Waals surface area (Å²) in [6.07, 6.45) is -4.15. The molecular formula is C16H14ClF3N4O2. The molecule has 0 bridgehead atoms. The third kappa shape index (κ3) is 3.82. The Bertz CT molecular complexity index is 921. The molecule has 0 unspecified atom stereocenters.